The van der Waals surface area contributed by atoms with E-state index in [2.05, 4.69) is 10.3 Å². The number of para-hydroxylation sites is 2. The number of aromatic nitrogens is 1. The number of amides is 1. The molecule has 8 heteroatoms. The zero-order chi connectivity index (χ0) is 22.3. The lowest BCUT2D eigenvalue weighted by Gasteiger charge is -2.34. The Balaban J connectivity index is 1.25. The Morgan fingerprint density at radius 3 is 2.38 bits per heavy atom. The predicted molar refractivity (Wildman–Crippen MR) is 124 cm³/mol. The van der Waals surface area contributed by atoms with Gasteiger partial charge in [0.05, 0.1) is 26.5 Å². The van der Waals surface area contributed by atoms with Gasteiger partial charge in [-0.15, -0.1) is 11.3 Å². The zero-order valence-electron chi connectivity index (χ0n) is 18.3. The summed E-state index contributed by atoms with van der Waals surface area (Å²) < 4.78 is 16.2. The van der Waals surface area contributed by atoms with Crippen molar-refractivity contribution in [3.63, 3.8) is 0 Å². The molecule has 1 amide bonds. The van der Waals surface area contributed by atoms with Crippen molar-refractivity contribution >= 4 is 17.2 Å². The number of benzene rings is 2. The molecule has 0 bridgehead atoms. The summed E-state index contributed by atoms with van der Waals surface area (Å²) in [5, 5.41) is 3.17. The molecule has 0 spiro atoms. The van der Waals surface area contributed by atoms with Crippen LogP contribution in [0.2, 0.25) is 0 Å². The van der Waals surface area contributed by atoms with Crippen LogP contribution in [0.4, 0.5) is 0 Å². The first-order valence-electron chi connectivity index (χ1n) is 10.5. The summed E-state index contributed by atoms with van der Waals surface area (Å²) in [6.07, 6.45) is 0. The van der Waals surface area contributed by atoms with Gasteiger partial charge in [-0.05, 0) is 36.4 Å². The van der Waals surface area contributed by atoms with Gasteiger partial charge in [0.2, 0.25) is 0 Å². The molecule has 1 saturated heterocycles. The SMILES string of the molecule is COc1ccc(-c2csc(CN3CCN(C(=O)COc4ccccc4OC)CC3)n2)cc1. The summed E-state index contributed by atoms with van der Waals surface area (Å²) in [7, 11) is 3.25. The minimum Gasteiger partial charge on any atom is -0.497 e. The summed E-state index contributed by atoms with van der Waals surface area (Å²) in [5.41, 5.74) is 2.06. The van der Waals surface area contributed by atoms with Crippen molar-refractivity contribution in [2.45, 2.75) is 6.54 Å². The number of hydrogen-bond acceptors (Lipinski definition) is 7. The van der Waals surface area contributed by atoms with Crippen molar-refractivity contribution in [3.8, 4) is 28.5 Å². The summed E-state index contributed by atoms with van der Waals surface area (Å²) in [4.78, 5) is 21.5. The van der Waals surface area contributed by atoms with E-state index in [4.69, 9.17) is 19.2 Å². The molecule has 1 aromatic heterocycles. The highest BCUT2D eigenvalue weighted by molar-refractivity contribution is 7.09. The fourth-order valence-electron chi connectivity index (χ4n) is 3.59. The maximum absolute atomic E-state index is 12.6. The van der Waals surface area contributed by atoms with Gasteiger partial charge in [0.1, 0.15) is 10.8 Å². The second-order valence-electron chi connectivity index (χ2n) is 7.45. The Hall–Kier alpha value is -3.10. The number of carbonyl (C=O) groups excluding carboxylic acids is 1. The molecule has 0 saturated carbocycles. The Labute approximate surface area is 192 Å². The quantitative estimate of drug-likeness (QED) is 0.520. The lowest BCUT2D eigenvalue weighted by Crippen LogP contribution is -2.49. The van der Waals surface area contributed by atoms with Crippen LogP contribution in [0, 0.1) is 0 Å². The second kappa shape index (κ2) is 10.5. The van der Waals surface area contributed by atoms with Gasteiger partial charge >= 0.3 is 0 Å². The van der Waals surface area contributed by atoms with Crippen molar-refractivity contribution in [2.75, 3.05) is 47.0 Å². The third-order valence-corrected chi connectivity index (χ3v) is 6.28. The van der Waals surface area contributed by atoms with E-state index >= 15 is 0 Å². The topological polar surface area (TPSA) is 64.1 Å². The van der Waals surface area contributed by atoms with Gasteiger partial charge in [0, 0.05) is 37.1 Å². The molecule has 168 valence electrons. The smallest absolute Gasteiger partial charge is 0.260 e. The van der Waals surface area contributed by atoms with Gasteiger partial charge in [-0.25, -0.2) is 4.98 Å². The highest BCUT2D eigenvalue weighted by Crippen LogP contribution is 2.26. The van der Waals surface area contributed by atoms with E-state index < -0.39 is 0 Å². The first-order chi connectivity index (χ1) is 15.7. The minimum absolute atomic E-state index is 0.00778. The molecule has 1 aliphatic heterocycles. The van der Waals surface area contributed by atoms with Crippen LogP contribution in [0.3, 0.4) is 0 Å². The molecule has 1 fully saturated rings. The molecule has 0 unspecified atom stereocenters. The summed E-state index contributed by atoms with van der Waals surface area (Å²) in [6, 6.07) is 15.3. The highest BCUT2D eigenvalue weighted by Gasteiger charge is 2.22. The largest absolute Gasteiger partial charge is 0.497 e. The standard InChI is InChI=1S/C24H27N3O4S/c1-29-19-9-7-18(8-10-19)20-17-32-23(25-20)15-26-11-13-27(14-12-26)24(28)16-31-22-6-4-3-5-21(22)30-2/h3-10,17H,11-16H2,1-2H3. The monoisotopic (exact) mass is 453 g/mol. The fourth-order valence-corrected chi connectivity index (χ4v) is 4.44. The minimum atomic E-state index is -0.00778. The van der Waals surface area contributed by atoms with Crippen molar-refractivity contribution in [1.82, 2.24) is 14.8 Å². The normalized spacial score (nSPS) is 14.2. The van der Waals surface area contributed by atoms with Crippen molar-refractivity contribution < 1.29 is 19.0 Å². The van der Waals surface area contributed by atoms with E-state index in [9.17, 15) is 4.79 Å². The molecule has 0 aliphatic carbocycles. The Morgan fingerprint density at radius 2 is 1.69 bits per heavy atom. The van der Waals surface area contributed by atoms with Crippen LogP contribution in [0.5, 0.6) is 17.2 Å². The first kappa shape index (κ1) is 22.1. The first-order valence-corrected chi connectivity index (χ1v) is 11.4. The van der Waals surface area contributed by atoms with E-state index in [-0.39, 0.29) is 12.5 Å². The summed E-state index contributed by atoms with van der Waals surface area (Å²) in [6.45, 7) is 3.81. The van der Waals surface area contributed by atoms with Crippen LogP contribution in [0.25, 0.3) is 11.3 Å². The zero-order valence-corrected chi connectivity index (χ0v) is 19.1. The van der Waals surface area contributed by atoms with Gasteiger partial charge in [-0.2, -0.15) is 0 Å². The molecule has 0 N–H and O–H groups in total. The number of rotatable bonds is 8. The molecule has 0 atom stereocenters. The Kier molecular flexibility index (Phi) is 7.24. The van der Waals surface area contributed by atoms with Gasteiger partial charge in [0.25, 0.3) is 5.91 Å². The molecular formula is C24H27N3O4S. The van der Waals surface area contributed by atoms with Crippen LogP contribution in [-0.4, -0.2) is 67.7 Å². The molecule has 1 aliphatic rings. The van der Waals surface area contributed by atoms with E-state index in [0.717, 1.165) is 41.6 Å². The molecule has 2 aromatic carbocycles. The number of ether oxygens (including phenoxy) is 3. The lowest BCUT2D eigenvalue weighted by molar-refractivity contribution is -0.135. The number of hydrogen-bond donors (Lipinski definition) is 0. The molecule has 32 heavy (non-hydrogen) atoms. The maximum Gasteiger partial charge on any atom is 0.260 e. The van der Waals surface area contributed by atoms with E-state index in [1.165, 1.54) is 0 Å². The third-order valence-electron chi connectivity index (χ3n) is 5.44. The molecule has 3 aromatic rings. The summed E-state index contributed by atoms with van der Waals surface area (Å²) in [5.74, 6) is 2.04. The van der Waals surface area contributed by atoms with Gasteiger partial charge in [0.15, 0.2) is 18.1 Å². The van der Waals surface area contributed by atoms with E-state index in [1.54, 1.807) is 31.6 Å². The third kappa shape index (κ3) is 5.38. The second-order valence-corrected chi connectivity index (χ2v) is 8.39. The van der Waals surface area contributed by atoms with Gasteiger partial charge in [-0.3, -0.25) is 9.69 Å². The van der Waals surface area contributed by atoms with Crippen LogP contribution < -0.4 is 14.2 Å². The number of carbonyl (C=O) groups is 1. The Morgan fingerprint density at radius 1 is 0.969 bits per heavy atom. The molecule has 2 heterocycles. The van der Waals surface area contributed by atoms with Crippen LogP contribution >= 0.6 is 11.3 Å². The number of thiazole rings is 1. The van der Waals surface area contributed by atoms with Gasteiger partial charge in [-0.1, -0.05) is 12.1 Å². The molecule has 7 nitrogen and oxygen atoms in total. The number of methoxy groups -OCH3 is 2. The van der Waals surface area contributed by atoms with E-state index in [0.29, 0.717) is 24.6 Å². The summed E-state index contributed by atoms with van der Waals surface area (Å²) >= 11 is 1.67. The number of nitrogens with zero attached hydrogens (tertiary/aromatic N) is 3. The molecule has 4 rings (SSSR count). The average molecular weight is 454 g/mol. The highest BCUT2D eigenvalue weighted by atomic mass is 32.1. The van der Waals surface area contributed by atoms with Crippen LogP contribution in [-0.2, 0) is 11.3 Å². The molecular weight excluding hydrogens is 426 g/mol. The number of piperazine rings is 1. The van der Waals surface area contributed by atoms with Crippen molar-refractivity contribution in [1.29, 1.82) is 0 Å². The van der Waals surface area contributed by atoms with Crippen molar-refractivity contribution in [3.05, 3.63) is 58.9 Å². The van der Waals surface area contributed by atoms with E-state index in [1.807, 2.05) is 47.4 Å². The van der Waals surface area contributed by atoms with Crippen LogP contribution in [0.15, 0.2) is 53.9 Å². The van der Waals surface area contributed by atoms with Crippen LogP contribution in [0.1, 0.15) is 5.01 Å². The predicted octanol–water partition coefficient (Wildman–Crippen LogP) is 3.55. The maximum atomic E-state index is 12.6. The lowest BCUT2D eigenvalue weighted by atomic mass is 10.2. The van der Waals surface area contributed by atoms with Gasteiger partial charge < -0.3 is 19.1 Å². The average Bonchev–Trinajstić information content (AvgIpc) is 3.31. The fraction of sp³-hybridized carbons (Fsp3) is 0.333. The molecule has 0 radical (unpaired) electrons. The Bertz CT molecular complexity index is 1030. The van der Waals surface area contributed by atoms with Crippen molar-refractivity contribution in [2.24, 2.45) is 0 Å².